The van der Waals surface area contributed by atoms with Crippen molar-refractivity contribution < 1.29 is 0 Å². The molecule has 3 nitrogen and oxygen atoms in total. The van der Waals surface area contributed by atoms with Gasteiger partial charge >= 0.3 is 0 Å². The second-order valence-corrected chi connectivity index (χ2v) is 3.26. The molecule has 0 saturated carbocycles. The van der Waals surface area contributed by atoms with E-state index in [9.17, 15) is 0 Å². The minimum absolute atomic E-state index is 0.918. The lowest BCUT2D eigenvalue weighted by Crippen LogP contribution is -1.77. The molecule has 0 unspecified atom stereocenters. The van der Waals surface area contributed by atoms with Crippen LogP contribution in [0.4, 0.5) is 5.82 Å². The number of aliphatic imine (C=N–C) groups is 1. The maximum Gasteiger partial charge on any atom is 0.139 e. The van der Waals surface area contributed by atoms with Crippen LogP contribution >= 0.6 is 0 Å². The highest BCUT2D eigenvalue weighted by atomic mass is 15.0. The van der Waals surface area contributed by atoms with Crippen LogP contribution in [-0.4, -0.2) is 16.2 Å². The number of nitrogens with zero attached hydrogens (tertiary/aromatic N) is 2. The van der Waals surface area contributed by atoms with Gasteiger partial charge < -0.3 is 4.98 Å². The molecule has 0 radical (unpaired) electrons. The van der Waals surface area contributed by atoms with Crippen LogP contribution in [0.15, 0.2) is 35.5 Å². The Labute approximate surface area is 81.2 Å². The summed E-state index contributed by atoms with van der Waals surface area (Å²) in [5.74, 6) is 0.934. The highest BCUT2D eigenvalue weighted by Gasteiger charge is 2.10. The normalized spacial score (nSPS) is 14.3. The predicted octanol–water partition coefficient (Wildman–Crippen LogP) is 2.38. The molecule has 3 rings (SSSR count). The maximum atomic E-state index is 4.32. The molecule has 1 aliphatic rings. The largest absolute Gasteiger partial charge is 0.324 e. The molecule has 3 heteroatoms. The number of H-pyrrole nitrogens is 1. The molecule has 1 aliphatic heterocycles. The number of nitrogens with one attached hydrogen (secondary N) is 1. The van der Waals surface area contributed by atoms with E-state index in [4.69, 9.17) is 0 Å². The van der Waals surface area contributed by atoms with Crippen LogP contribution in [0.1, 0.15) is 5.56 Å². The van der Waals surface area contributed by atoms with Crippen molar-refractivity contribution in [3.8, 4) is 0 Å². The van der Waals surface area contributed by atoms with E-state index in [2.05, 4.69) is 27.1 Å². The first kappa shape index (κ1) is 7.50. The van der Waals surface area contributed by atoms with Gasteiger partial charge in [0.05, 0.1) is 0 Å². The van der Waals surface area contributed by atoms with Crippen molar-refractivity contribution in [1.29, 1.82) is 0 Å². The van der Waals surface area contributed by atoms with E-state index in [0.29, 0.717) is 0 Å². The zero-order valence-electron chi connectivity index (χ0n) is 7.57. The van der Waals surface area contributed by atoms with Crippen LogP contribution in [0, 0.1) is 0 Å². The standard InChI is InChI=1S/C11H9N3/c1-2-6-12-10-8(4-1)9-5-3-7-13-11(9)14-10/h1-3,5-7H,4H2,(H,13,14). The van der Waals surface area contributed by atoms with Crippen LogP contribution in [0.5, 0.6) is 0 Å². The van der Waals surface area contributed by atoms with Gasteiger partial charge in [-0.1, -0.05) is 6.08 Å². The van der Waals surface area contributed by atoms with Crippen molar-refractivity contribution in [1.82, 2.24) is 9.97 Å². The van der Waals surface area contributed by atoms with Gasteiger partial charge in [0.1, 0.15) is 11.5 Å². The molecule has 1 N–H and O–H groups in total. The zero-order valence-corrected chi connectivity index (χ0v) is 7.57. The van der Waals surface area contributed by atoms with Crippen molar-refractivity contribution in [2.45, 2.75) is 6.42 Å². The van der Waals surface area contributed by atoms with Gasteiger partial charge in [-0.25, -0.2) is 9.98 Å². The van der Waals surface area contributed by atoms with Gasteiger partial charge in [0.2, 0.25) is 0 Å². The quantitative estimate of drug-likeness (QED) is 0.669. The smallest absolute Gasteiger partial charge is 0.139 e. The molecule has 0 fully saturated rings. The summed E-state index contributed by atoms with van der Waals surface area (Å²) in [4.78, 5) is 11.8. The molecule has 3 heterocycles. The number of pyridine rings is 1. The molecule has 0 aromatic carbocycles. The number of allylic oxidation sites excluding steroid dienone is 2. The Morgan fingerprint density at radius 2 is 2.36 bits per heavy atom. The Morgan fingerprint density at radius 3 is 3.36 bits per heavy atom. The number of hydrogen-bond acceptors (Lipinski definition) is 2. The van der Waals surface area contributed by atoms with Crippen molar-refractivity contribution in [3.63, 3.8) is 0 Å². The SMILES string of the molecule is C1=CCc2c([nH]c3ncccc23)N=C1. The van der Waals surface area contributed by atoms with Gasteiger partial charge in [-0.3, -0.25) is 0 Å². The van der Waals surface area contributed by atoms with Gasteiger partial charge in [-0.05, 0) is 24.6 Å². The minimum atomic E-state index is 0.918. The molecule has 0 atom stereocenters. The minimum Gasteiger partial charge on any atom is -0.324 e. The van der Waals surface area contributed by atoms with Gasteiger partial charge in [0.15, 0.2) is 0 Å². The molecule has 2 aromatic rings. The predicted molar refractivity (Wildman–Crippen MR) is 57.1 cm³/mol. The third-order valence-corrected chi connectivity index (χ3v) is 2.40. The van der Waals surface area contributed by atoms with Crippen LogP contribution < -0.4 is 0 Å². The number of fused-ring (bicyclic) bond motifs is 3. The lowest BCUT2D eigenvalue weighted by Gasteiger charge is -1.92. The second-order valence-electron chi connectivity index (χ2n) is 3.26. The fraction of sp³-hybridized carbons (Fsp3) is 0.0909. The van der Waals surface area contributed by atoms with E-state index in [1.54, 1.807) is 12.4 Å². The molecule has 0 amide bonds. The third kappa shape index (κ3) is 0.988. The van der Waals surface area contributed by atoms with Crippen LogP contribution in [0.3, 0.4) is 0 Å². The van der Waals surface area contributed by atoms with E-state index in [0.717, 1.165) is 17.9 Å². The molecular formula is C11H9N3. The molecule has 0 saturated heterocycles. The van der Waals surface area contributed by atoms with E-state index < -0.39 is 0 Å². The monoisotopic (exact) mass is 183 g/mol. The second kappa shape index (κ2) is 2.80. The fourth-order valence-corrected chi connectivity index (χ4v) is 1.74. The molecule has 0 spiro atoms. The third-order valence-electron chi connectivity index (χ3n) is 2.40. The summed E-state index contributed by atoms with van der Waals surface area (Å²) in [6.45, 7) is 0. The van der Waals surface area contributed by atoms with Crippen LogP contribution in [0.2, 0.25) is 0 Å². The first-order valence-electron chi connectivity index (χ1n) is 4.60. The number of aromatic nitrogens is 2. The summed E-state index contributed by atoms with van der Waals surface area (Å²) in [5, 5.41) is 1.17. The van der Waals surface area contributed by atoms with Gasteiger partial charge in [-0.15, -0.1) is 0 Å². The highest BCUT2D eigenvalue weighted by molar-refractivity contribution is 5.88. The summed E-state index contributed by atoms with van der Waals surface area (Å²) in [7, 11) is 0. The van der Waals surface area contributed by atoms with Crippen molar-refractivity contribution in [3.05, 3.63) is 36.0 Å². The Hall–Kier alpha value is -1.90. The van der Waals surface area contributed by atoms with E-state index in [-0.39, 0.29) is 0 Å². The van der Waals surface area contributed by atoms with E-state index in [1.807, 2.05) is 12.1 Å². The zero-order chi connectivity index (χ0) is 9.38. The number of hydrogen-bond donors (Lipinski definition) is 1. The van der Waals surface area contributed by atoms with E-state index in [1.165, 1.54) is 10.9 Å². The van der Waals surface area contributed by atoms with Gasteiger partial charge in [0, 0.05) is 23.4 Å². The lowest BCUT2D eigenvalue weighted by atomic mass is 10.1. The molecule has 0 aliphatic carbocycles. The Kier molecular flexibility index (Phi) is 1.50. The van der Waals surface area contributed by atoms with Gasteiger partial charge in [0.25, 0.3) is 0 Å². The Balaban J connectivity index is 2.37. The molecule has 2 aromatic heterocycles. The van der Waals surface area contributed by atoms with Crippen molar-refractivity contribution >= 4 is 23.1 Å². The summed E-state index contributed by atoms with van der Waals surface area (Å²) in [6.07, 6.45) is 8.59. The first-order chi connectivity index (χ1) is 6.95. The molecule has 14 heavy (non-hydrogen) atoms. The van der Waals surface area contributed by atoms with Crippen LogP contribution in [0.25, 0.3) is 11.0 Å². The fourth-order valence-electron chi connectivity index (χ4n) is 1.74. The topological polar surface area (TPSA) is 41.0 Å². The van der Waals surface area contributed by atoms with Gasteiger partial charge in [-0.2, -0.15) is 0 Å². The van der Waals surface area contributed by atoms with E-state index >= 15 is 0 Å². The average molecular weight is 183 g/mol. The first-order valence-corrected chi connectivity index (χ1v) is 4.60. The maximum absolute atomic E-state index is 4.32. The summed E-state index contributed by atoms with van der Waals surface area (Å²) in [5.41, 5.74) is 2.16. The summed E-state index contributed by atoms with van der Waals surface area (Å²) < 4.78 is 0. The Morgan fingerprint density at radius 1 is 1.36 bits per heavy atom. The summed E-state index contributed by atoms with van der Waals surface area (Å²) >= 11 is 0. The molecule has 68 valence electrons. The highest BCUT2D eigenvalue weighted by Crippen LogP contribution is 2.28. The number of aromatic amines is 1. The van der Waals surface area contributed by atoms with Crippen molar-refractivity contribution in [2.24, 2.45) is 4.99 Å². The number of rotatable bonds is 0. The summed E-state index contributed by atoms with van der Waals surface area (Å²) in [6, 6.07) is 4.03. The molecule has 0 bridgehead atoms. The average Bonchev–Trinajstić information content (AvgIpc) is 2.42. The van der Waals surface area contributed by atoms with Crippen LogP contribution in [-0.2, 0) is 6.42 Å². The van der Waals surface area contributed by atoms with Crippen molar-refractivity contribution in [2.75, 3.05) is 0 Å². The molecular weight excluding hydrogens is 174 g/mol. The lowest BCUT2D eigenvalue weighted by molar-refractivity contribution is 1.26. The Bertz CT molecular complexity index is 534.